The SMILES string of the molecule is Cc1ccc(C)c2sc(NC(=O)c3ccccc3NS(=O)(=O)c3ccc(F)cc3)nc12. The molecule has 0 aliphatic rings. The van der Waals surface area contributed by atoms with Gasteiger partial charge in [0.15, 0.2) is 5.13 Å². The van der Waals surface area contributed by atoms with E-state index in [1.807, 2.05) is 26.0 Å². The van der Waals surface area contributed by atoms with Gasteiger partial charge in [-0.15, -0.1) is 0 Å². The summed E-state index contributed by atoms with van der Waals surface area (Å²) in [6.45, 7) is 3.93. The second-order valence-electron chi connectivity index (χ2n) is 6.96. The van der Waals surface area contributed by atoms with Gasteiger partial charge < -0.3 is 0 Å². The average molecular weight is 456 g/mol. The maximum absolute atomic E-state index is 13.1. The summed E-state index contributed by atoms with van der Waals surface area (Å²) >= 11 is 1.36. The monoisotopic (exact) mass is 455 g/mol. The average Bonchev–Trinajstić information content (AvgIpc) is 3.16. The summed E-state index contributed by atoms with van der Waals surface area (Å²) in [6, 6.07) is 14.7. The molecule has 3 aromatic carbocycles. The largest absolute Gasteiger partial charge is 0.298 e. The zero-order valence-corrected chi connectivity index (χ0v) is 18.3. The van der Waals surface area contributed by atoms with Gasteiger partial charge in [-0.2, -0.15) is 0 Å². The highest BCUT2D eigenvalue weighted by Gasteiger charge is 2.20. The van der Waals surface area contributed by atoms with Crippen molar-refractivity contribution in [2.24, 2.45) is 0 Å². The number of carbonyl (C=O) groups excluding carboxylic acids is 1. The van der Waals surface area contributed by atoms with Crippen LogP contribution >= 0.6 is 11.3 Å². The number of para-hydroxylation sites is 1. The summed E-state index contributed by atoms with van der Waals surface area (Å²) in [5.41, 5.74) is 3.14. The highest BCUT2D eigenvalue weighted by molar-refractivity contribution is 7.92. The lowest BCUT2D eigenvalue weighted by atomic mass is 10.1. The van der Waals surface area contributed by atoms with Crippen molar-refractivity contribution in [1.82, 2.24) is 4.98 Å². The van der Waals surface area contributed by atoms with Crippen LogP contribution in [-0.4, -0.2) is 19.3 Å². The van der Waals surface area contributed by atoms with Crippen molar-refractivity contribution in [3.63, 3.8) is 0 Å². The van der Waals surface area contributed by atoms with Gasteiger partial charge in [-0.05, 0) is 61.4 Å². The fourth-order valence-electron chi connectivity index (χ4n) is 3.06. The molecule has 0 saturated heterocycles. The van der Waals surface area contributed by atoms with Crippen LogP contribution in [0.25, 0.3) is 10.2 Å². The zero-order chi connectivity index (χ0) is 22.2. The van der Waals surface area contributed by atoms with E-state index in [2.05, 4.69) is 15.0 Å². The number of halogens is 1. The number of aromatic nitrogens is 1. The van der Waals surface area contributed by atoms with Crippen molar-refractivity contribution in [3.05, 3.63) is 83.2 Å². The van der Waals surface area contributed by atoms with E-state index in [1.165, 1.54) is 23.5 Å². The fraction of sp³-hybridized carbons (Fsp3) is 0.0909. The van der Waals surface area contributed by atoms with Gasteiger partial charge >= 0.3 is 0 Å². The first-order chi connectivity index (χ1) is 14.7. The number of benzene rings is 3. The van der Waals surface area contributed by atoms with Gasteiger partial charge in [0, 0.05) is 0 Å². The van der Waals surface area contributed by atoms with Gasteiger partial charge in [-0.3, -0.25) is 14.8 Å². The number of carbonyl (C=O) groups is 1. The van der Waals surface area contributed by atoms with E-state index in [0.29, 0.717) is 5.13 Å². The van der Waals surface area contributed by atoms with E-state index in [9.17, 15) is 17.6 Å². The van der Waals surface area contributed by atoms with Crippen LogP contribution in [0.3, 0.4) is 0 Å². The number of hydrogen-bond acceptors (Lipinski definition) is 5. The lowest BCUT2D eigenvalue weighted by molar-refractivity contribution is 0.102. The molecule has 2 N–H and O–H groups in total. The number of nitrogens with one attached hydrogen (secondary N) is 2. The third-order valence-electron chi connectivity index (χ3n) is 4.70. The number of rotatable bonds is 5. The van der Waals surface area contributed by atoms with E-state index in [1.54, 1.807) is 12.1 Å². The van der Waals surface area contributed by atoms with Gasteiger partial charge in [-0.1, -0.05) is 35.6 Å². The molecule has 0 aliphatic heterocycles. The standard InChI is InChI=1S/C22H18FN3O3S2/c1-13-7-8-14(2)20-19(13)24-22(30-20)25-21(27)17-5-3-4-6-18(17)26-31(28,29)16-11-9-15(23)10-12-16/h3-12,26H,1-2H3,(H,24,25,27). The van der Waals surface area contributed by atoms with Crippen molar-refractivity contribution in [2.45, 2.75) is 18.7 Å². The molecular formula is C22H18FN3O3S2. The topological polar surface area (TPSA) is 88.2 Å². The maximum Gasteiger partial charge on any atom is 0.261 e. The zero-order valence-electron chi connectivity index (χ0n) is 16.6. The number of nitrogens with zero attached hydrogens (tertiary/aromatic N) is 1. The Labute approximate surface area is 182 Å². The lowest BCUT2D eigenvalue weighted by Gasteiger charge is -2.12. The minimum atomic E-state index is -4.00. The van der Waals surface area contributed by atoms with E-state index in [4.69, 9.17) is 0 Å². The summed E-state index contributed by atoms with van der Waals surface area (Å²) in [5.74, 6) is -1.04. The number of sulfonamides is 1. The molecule has 0 unspecified atom stereocenters. The smallest absolute Gasteiger partial charge is 0.261 e. The molecule has 1 amide bonds. The van der Waals surface area contributed by atoms with Crippen LogP contribution in [0.1, 0.15) is 21.5 Å². The minimum absolute atomic E-state index is 0.109. The van der Waals surface area contributed by atoms with Gasteiger partial charge in [0.25, 0.3) is 15.9 Å². The summed E-state index contributed by atoms with van der Waals surface area (Å²) < 4.78 is 41.9. The van der Waals surface area contributed by atoms with Crippen molar-refractivity contribution >= 4 is 48.3 Å². The Morgan fingerprint density at radius 1 is 0.968 bits per heavy atom. The third-order valence-corrected chi connectivity index (χ3v) is 7.19. The number of thiazole rings is 1. The molecule has 31 heavy (non-hydrogen) atoms. The predicted octanol–water partition coefficient (Wildman–Crippen LogP) is 5.11. The normalized spacial score (nSPS) is 11.5. The molecule has 4 rings (SSSR count). The van der Waals surface area contributed by atoms with E-state index in [0.717, 1.165) is 45.6 Å². The first-order valence-corrected chi connectivity index (χ1v) is 11.6. The quantitative estimate of drug-likeness (QED) is 0.438. The van der Waals surface area contributed by atoms with Gasteiger partial charge in [0.2, 0.25) is 0 Å². The Kier molecular flexibility index (Phi) is 5.47. The molecule has 0 radical (unpaired) electrons. The Morgan fingerprint density at radius 3 is 2.35 bits per heavy atom. The molecule has 0 spiro atoms. The van der Waals surface area contributed by atoms with Crippen molar-refractivity contribution in [1.29, 1.82) is 0 Å². The maximum atomic E-state index is 13.1. The Hall–Kier alpha value is -3.30. The first kappa shape index (κ1) is 21.0. The molecular weight excluding hydrogens is 437 g/mol. The Morgan fingerprint density at radius 2 is 1.65 bits per heavy atom. The molecule has 1 heterocycles. The number of hydrogen-bond donors (Lipinski definition) is 2. The van der Waals surface area contributed by atoms with Crippen molar-refractivity contribution in [2.75, 3.05) is 10.0 Å². The number of aryl methyl sites for hydroxylation is 2. The molecule has 4 aromatic rings. The third kappa shape index (κ3) is 4.28. The van der Waals surface area contributed by atoms with Gasteiger partial charge in [0.05, 0.1) is 26.4 Å². The van der Waals surface area contributed by atoms with Crippen LogP contribution in [0.4, 0.5) is 15.2 Å². The van der Waals surface area contributed by atoms with Crippen LogP contribution in [0.5, 0.6) is 0 Å². The van der Waals surface area contributed by atoms with E-state index < -0.39 is 21.7 Å². The van der Waals surface area contributed by atoms with Gasteiger partial charge in [-0.25, -0.2) is 17.8 Å². The van der Waals surface area contributed by atoms with Gasteiger partial charge in [0.1, 0.15) is 5.82 Å². The van der Waals surface area contributed by atoms with E-state index >= 15 is 0 Å². The lowest BCUT2D eigenvalue weighted by Crippen LogP contribution is -2.18. The van der Waals surface area contributed by atoms with Crippen LogP contribution < -0.4 is 10.0 Å². The second kappa shape index (κ2) is 8.09. The van der Waals surface area contributed by atoms with Crippen LogP contribution in [-0.2, 0) is 10.0 Å². The summed E-state index contributed by atoms with van der Waals surface area (Å²) in [5, 5.41) is 3.18. The molecule has 0 saturated carbocycles. The molecule has 0 fully saturated rings. The fourth-order valence-corrected chi connectivity index (χ4v) is 5.15. The molecule has 6 nitrogen and oxygen atoms in total. The molecule has 0 atom stereocenters. The second-order valence-corrected chi connectivity index (χ2v) is 9.64. The molecule has 0 bridgehead atoms. The molecule has 1 aromatic heterocycles. The van der Waals surface area contributed by atoms with E-state index in [-0.39, 0.29) is 16.1 Å². The summed E-state index contributed by atoms with van der Waals surface area (Å²) in [6.07, 6.45) is 0. The van der Waals surface area contributed by atoms with Crippen LogP contribution in [0.15, 0.2) is 65.6 Å². The Bertz CT molecular complexity index is 1360. The van der Waals surface area contributed by atoms with Crippen LogP contribution in [0.2, 0.25) is 0 Å². The number of amides is 1. The number of fused-ring (bicyclic) bond motifs is 1. The highest BCUT2D eigenvalue weighted by atomic mass is 32.2. The molecule has 158 valence electrons. The minimum Gasteiger partial charge on any atom is -0.298 e. The molecule has 0 aliphatic carbocycles. The first-order valence-electron chi connectivity index (χ1n) is 9.30. The van der Waals surface area contributed by atoms with Crippen LogP contribution in [0, 0.1) is 19.7 Å². The predicted molar refractivity (Wildman–Crippen MR) is 121 cm³/mol. The van der Waals surface area contributed by atoms with Crippen molar-refractivity contribution < 1.29 is 17.6 Å². The summed E-state index contributed by atoms with van der Waals surface area (Å²) in [4.78, 5) is 17.3. The molecule has 9 heteroatoms. The number of anilines is 2. The summed E-state index contributed by atoms with van der Waals surface area (Å²) in [7, 11) is -4.00. The van der Waals surface area contributed by atoms with Crippen molar-refractivity contribution in [3.8, 4) is 0 Å². The Balaban J connectivity index is 1.62. The highest BCUT2D eigenvalue weighted by Crippen LogP contribution is 2.31.